The first-order chi connectivity index (χ1) is 11.8. The number of benzene rings is 2. The molecule has 2 aromatic rings. The van der Waals surface area contributed by atoms with Gasteiger partial charge in [-0.3, -0.25) is 4.79 Å². The van der Waals surface area contributed by atoms with Crippen LogP contribution in [0.5, 0.6) is 0 Å². The molecule has 0 bridgehead atoms. The normalized spacial score (nSPS) is 18.0. The summed E-state index contributed by atoms with van der Waals surface area (Å²) in [5, 5.41) is 9.10. The van der Waals surface area contributed by atoms with Crippen molar-refractivity contribution in [2.45, 2.75) is 38.9 Å². The lowest BCUT2D eigenvalue weighted by molar-refractivity contribution is 0.00578. The Bertz CT molecular complexity index is 851. The molecule has 2 aromatic carbocycles. The van der Waals surface area contributed by atoms with Crippen molar-refractivity contribution in [3.63, 3.8) is 0 Å². The molecule has 0 unspecified atom stereocenters. The van der Waals surface area contributed by atoms with Gasteiger partial charge in [-0.15, -0.1) is 0 Å². The fraction of sp³-hybridized carbons (Fsp3) is 0.300. The molecule has 0 spiro atoms. The maximum absolute atomic E-state index is 11.5. The van der Waals surface area contributed by atoms with Crippen molar-refractivity contribution in [2.24, 2.45) is 0 Å². The van der Waals surface area contributed by atoms with Crippen molar-refractivity contribution < 1.29 is 14.1 Å². The Labute approximate surface area is 148 Å². The molecule has 1 aliphatic heterocycles. The lowest BCUT2D eigenvalue weighted by Crippen LogP contribution is -2.41. The Morgan fingerprint density at radius 2 is 1.64 bits per heavy atom. The van der Waals surface area contributed by atoms with Crippen LogP contribution >= 0.6 is 0 Å². The lowest BCUT2D eigenvalue weighted by atomic mass is 9.75. The van der Waals surface area contributed by atoms with Crippen molar-refractivity contribution in [3.05, 3.63) is 53.6 Å². The topological polar surface area (TPSA) is 59.3 Å². The SMILES string of the molecule is CC1(C)OB(c2cc(-c3cccc(C#N)c3)ccc2C=O)OC1(C)C. The predicted octanol–water partition coefficient (Wildman–Crippen LogP) is 3.34. The first kappa shape index (κ1) is 17.4. The fourth-order valence-electron chi connectivity index (χ4n) is 2.80. The number of aldehydes is 1. The van der Waals surface area contributed by atoms with E-state index in [9.17, 15) is 4.79 Å². The minimum absolute atomic E-state index is 0.478. The molecule has 1 saturated heterocycles. The van der Waals surface area contributed by atoms with Gasteiger partial charge in [0.1, 0.15) is 6.29 Å². The highest BCUT2D eigenvalue weighted by atomic mass is 16.7. The molecule has 1 heterocycles. The highest BCUT2D eigenvalue weighted by molar-refractivity contribution is 6.63. The summed E-state index contributed by atoms with van der Waals surface area (Å²) in [6.07, 6.45) is 0.815. The van der Waals surface area contributed by atoms with Gasteiger partial charge in [-0.05, 0) is 56.4 Å². The molecule has 0 amide bonds. The highest BCUT2D eigenvalue weighted by Crippen LogP contribution is 2.37. The van der Waals surface area contributed by atoms with E-state index >= 15 is 0 Å². The quantitative estimate of drug-likeness (QED) is 0.638. The minimum atomic E-state index is -0.607. The molecule has 0 aromatic heterocycles. The number of nitriles is 1. The zero-order valence-corrected chi connectivity index (χ0v) is 14.9. The molecule has 4 nitrogen and oxygen atoms in total. The van der Waals surface area contributed by atoms with Crippen LogP contribution in [0.15, 0.2) is 42.5 Å². The Balaban J connectivity index is 2.05. The summed E-state index contributed by atoms with van der Waals surface area (Å²) in [4.78, 5) is 11.5. The summed E-state index contributed by atoms with van der Waals surface area (Å²) in [6, 6.07) is 15.1. The van der Waals surface area contributed by atoms with Crippen LogP contribution in [0.3, 0.4) is 0 Å². The highest BCUT2D eigenvalue weighted by Gasteiger charge is 2.52. The number of hydrogen-bond donors (Lipinski definition) is 0. The molecule has 0 radical (unpaired) electrons. The molecule has 126 valence electrons. The third kappa shape index (κ3) is 3.11. The standard InChI is InChI=1S/C20H20BNO3/c1-19(2)20(3,4)25-21(24-19)18-11-16(8-9-17(18)13-23)15-7-5-6-14(10-15)12-22/h5-11,13H,1-4H3. The first-order valence-electron chi connectivity index (χ1n) is 8.23. The average Bonchev–Trinajstić information content (AvgIpc) is 2.82. The summed E-state index contributed by atoms with van der Waals surface area (Å²) >= 11 is 0. The molecule has 0 atom stereocenters. The molecule has 1 fully saturated rings. The Hall–Kier alpha value is -2.42. The summed E-state index contributed by atoms with van der Waals surface area (Å²) in [5.74, 6) is 0. The molecule has 25 heavy (non-hydrogen) atoms. The van der Waals surface area contributed by atoms with Gasteiger partial charge in [0.05, 0.1) is 22.8 Å². The average molecular weight is 333 g/mol. The van der Waals surface area contributed by atoms with Crippen LogP contribution in [-0.2, 0) is 9.31 Å². The second-order valence-corrected chi connectivity index (χ2v) is 7.24. The van der Waals surface area contributed by atoms with E-state index in [4.69, 9.17) is 14.6 Å². The van der Waals surface area contributed by atoms with Crippen LogP contribution in [-0.4, -0.2) is 24.6 Å². The molecule has 0 aliphatic carbocycles. The van der Waals surface area contributed by atoms with Crippen LogP contribution < -0.4 is 5.46 Å². The molecular weight excluding hydrogens is 313 g/mol. The van der Waals surface area contributed by atoms with Gasteiger partial charge in [0.15, 0.2) is 0 Å². The largest absolute Gasteiger partial charge is 0.495 e. The summed E-state index contributed by atoms with van der Waals surface area (Å²) in [5.41, 5.74) is 2.70. The Morgan fingerprint density at radius 3 is 2.24 bits per heavy atom. The van der Waals surface area contributed by atoms with Crippen molar-refractivity contribution >= 4 is 18.9 Å². The maximum Gasteiger partial charge on any atom is 0.495 e. The van der Waals surface area contributed by atoms with Gasteiger partial charge in [-0.1, -0.05) is 30.3 Å². The van der Waals surface area contributed by atoms with Crippen molar-refractivity contribution in [3.8, 4) is 17.2 Å². The van der Waals surface area contributed by atoms with E-state index in [1.807, 2.05) is 58.0 Å². The number of nitrogens with zero attached hydrogens (tertiary/aromatic N) is 1. The second-order valence-electron chi connectivity index (χ2n) is 7.24. The van der Waals surface area contributed by atoms with E-state index in [0.717, 1.165) is 17.4 Å². The molecule has 5 heteroatoms. The van der Waals surface area contributed by atoms with Crippen LogP contribution in [0.25, 0.3) is 11.1 Å². The van der Waals surface area contributed by atoms with E-state index in [1.165, 1.54) is 0 Å². The Morgan fingerprint density at radius 1 is 1.00 bits per heavy atom. The van der Waals surface area contributed by atoms with Gasteiger partial charge in [-0.2, -0.15) is 5.26 Å². The lowest BCUT2D eigenvalue weighted by Gasteiger charge is -2.32. The van der Waals surface area contributed by atoms with Crippen LogP contribution in [0.2, 0.25) is 0 Å². The van der Waals surface area contributed by atoms with Gasteiger partial charge in [0.2, 0.25) is 0 Å². The maximum atomic E-state index is 11.5. The van der Waals surface area contributed by atoms with Gasteiger partial charge in [0, 0.05) is 5.56 Å². The first-order valence-corrected chi connectivity index (χ1v) is 8.23. The van der Waals surface area contributed by atoms with Gasteiger partial charge < -0.3 is 9.31 Å². The predicted molar refractivity (Wildman–Crippen MR) is 97.7 cm³/mol. The van der Waals surface area contributed by atoms with Crippen molar-refractivity contribution in [1.82, 2.24) is 0 Å². The van der Waals surface area contributed by atoms with Gasteiger partial charge >= 0.3 is 7.12 Å². The fourth-order valence-corrected chi connectivity index (χ4v) is 2.80. The third-order valence-corrected chi connectivity index (χ3v) is 5.05. The van der Waals surface area contributed by atoms with Crippen molar-refractivity contribution in [1.29, 1.82) is 5.26 Å². The zero-order chi connectivity index (χ0) is 18.2. The minimum Gasteiger partial charge on any atom is -0.399 e. The van der Waals surface area contributed by atoms with Crippen LogP contribution in [0.4, 0.5) is 0 Å². The van der Waals surface area contributed by atoms with Crippen LogP contribution in [0.1, 0.15) is 43.6 Å². The summed E-state index contributed by atoms with van der Waals surface area (Å²) in [7, 11) is -0.607. The van der Waals surface area contributed by atoms with E-state index in [-0.39, 0.29) is 0 Å². The van der Waals surface area contributed by atoms with Gasteiger partial charge in [-0.25, -0.2) is 0 Å². The van der Waals surface area contributed by atoms with Crippen molar-refractivity contribution in [2.75, 3.05) is 0 Å². The Kier molecular flexibility index (Phi) is 4.28. The van der Waals surface area contributed by atoms with E-state index in [1.54, 1.807) is 12.1 Å². The molecule has 1 aliphatic rings. The second kappa shape index (κ2) is 6.14. The number of hydrogen-bond acceptors (Lipinski definition) is 4. The van der Waals surface area contributed by atoms with E-state index in [0.29, 0.717) is 16.6 Å². The number of carbonyl (C=O) groups is 1. The molecule has 0 saturated carbocycles. The summed E-state index contributed by atoms with van der Waals surface area (Å²) < 4.78 is 12.2. The summed E-state index contributed by atoms with van der Waals surface area (Å²) in [6.45, 7) is 7.92. The third-order valence-electron chi connectivity index (χ3n) is 5.05. The van der Waals surface area contributed by atoms with E-state index in [2.05, 4.69) is 6.07 Å². The van der Waals surface area contributed by atoms with Crippen LogP contribution in [0, 0.1) is 11.3 Å². The zero-order valence-electron chi connectivity index (χ0n) is 14.9. The smallest absolute Gasteiger partial charge is 0.399 e. The van der Waals surface area contributed by atoms with Gasteiger partial charge in [0.25, 0.3) is 0 Å². The molecule has 0 N–H and O–H groups in total. The monoisotopic (exact) mass is 333 g/mol. The number of rotatable bonds is 3. The molecular formula is C20H20BNO3. The number of carbonyl (C=O) groups excluding carboxylic acids is 1. The van der Waals surface area contributed by atoms with E-state index < -0.39 is 18.3 Å². The molecule has 3 rings (SSSR count).